The topological polar surface area (TPSA) is 17.8 Å². The number of halogens is 1. The van der Waals surface area contributed by atoms with Gasteiger partial charge in [0.05, 0.1) is 10.9 Å². The number of fused-ring (bicyclic) bond motifs is 1. The third-order valence-electron chi connectivity index (χ3n) is 1.92. The highest BCUT2D eigenvalue weighted by Gasteiger charge is 2.06. The van der Waals surface area contributed by atoms with Gasteiger partial charge in [-0.2, -0.15) is 9.49 Å². The standard InChI is InChI=1S/C9H9FN2/c1-6-3-4-8-7(5-6)9(10)12(2)11-8/h3-5H,1-2H3. The number of rotatable bonds is 0. The van der Waals surface area contributed by atoms with Gasteiger partial charge in [-0.3, -0.25) is 0 Å². The smallest absolute Gasteiger partial charge is 0.219 e. The van der Waals surface area contributed by atoms with Crippen LogP contribution in [0.4, 0.5) is 4.39 Å². The van der Waals surface area contributed by atoms with Crippen LogP contribution in [0.5, 0.6) is 0 Å². The quantitative estimate of drug-likeness (QED) is 0.582. The zero-order valence-corrected chi connectivity index (χ0v) is 7.00. The predicted molar refractivity (Wildman–Crippen MR) is 45.4 cm³/mol. The van der Waals surface area contributed by atoms with Crippen molar-refractivity contribution < 1.29 is 4.39 Å². The van der Waals surface area contributed by atoms with Crippen LogP contribution in [-0.2, 0) is 7.05 Å². The molecule has 0 aliphatic carbocycles. The second kappa shape index (κ2) is 2.30. The van der Waals surface area contributed by atoms with E-state index in [0.717, 1.165) is 5.56 Å². The highest BCUT2D eigenvalue weighted by atomic mass is 19.1. The number of benzene rings is 1. The van der Waals surface area contributed by atoms with Crippen LogP contribution in [0, 0.1) is 12.9 Å². The van der Waals surface area contributed by atoms with E-state index in [-0.39, 0.29) is 5.95 Å². The van der Waals surface area contributed by atoms with E-state index in [9.17, 15) is 4.39 Å². The Kier molecular flexibility index (Phi) is 1.40. The molecule has 1 aromatic carbocycles. The van der Waals surface area contributed by atoms with Gasteiger partial charge in [0, 0.05) is 7.05 Å². The summed E-state index contributed by atoms with van der Waals surface area (Å²) in [5.74, 6) is -0.270. The van der Waals surface area contributed by atoms with Crippen molar-refractivity contribution in [3.05, 3.63) is 29.7 Å². The maximum atomic E-state index is 13.2. The maximum Gasteiger partial charge on any atom is 0.219 e. The van der Waals surface area contributed by atoms with Crippen LogP contribution in [0.1, 0.15) is 5.56 Å². The van der Waals surface area contributed by atoms with Gasteiger partial charge >= 0.3 is 0 Å². The second-order valence-corrected chi connectivity index (χ2v) is 2.94. The van der Waals surface area contributed by atoms with Crippen LogP contribution >= 0.6 is 0 Å². The monoisotopic (exact) mass is 164 g/mol. The zero-order chi connectivity index (χ0) is 8.72. The molecule has 0 unspecified atom stereocenters. The van der Waals surface area contributed by atoms with Gasteiger partial charge in [0.1, 0.15) is 0 Å². The van der Waals surface area contributed by atoms with Crippen molar-refractivity contribution in [3.8, 4) is 0 Å². The highest BCUT2D eigenvalue weighted by Crippen LogP contribution is 2.17. The van der Waals surface area contributed by atoms with Crippen LogP contribution < -0.4 is 0 Å². The molecule has 0 fully saturated rings. The van der Waals surface area contributed by atoms with Crippen molar-refractivity contribution in [2.24, 2.45) is 7.05 Å². The molecule has 0 atom stereocenters. The second-order valence-electron chi connectivity index (χ2n) is 2.94. The lowest BCUT2D eigenvalue weighted by Crippen LogP contribution is -1.92. The SMILES string of the molecule is Cc1ccc2nn(C)c(F)c2c1. The molecule has 0 N–H and O–H groups in total. The molecule has 3 heteroatoms. The summed E-state index contributed by atoms with van der Waals surface area (Å²) in [5, 5.41) is 4.59. The summed E-state index contributed by atoms with van der Waals surface area (Å²) in [6.45, 7) is 1.94. The van der Waals surface area contributed by atoms with Crippen molar-refractivity contribution in [3.63, 3.8) is 0 Å². The first kappa shape index (κ1) is 7.28. The maximum absolute atomic E-state index is 13.2. The summed E-state index contributed by atoms with van der Waals surface area (Å²) in [6.07, 6.45) is 0. The third kappa shape index (κ3) is 0.897. The molecule has 2 rings (SSSR count). The van der Waals surface area contributed by atoms with E-state index < -0.39 is 0 Å². The molecule has 0 aliphatic heterocycles. The predicted octanol–water partition coefficient (Wildman–Crippen LogP) is 2.02. The van der Waals surface area contributed by atoms with Crippen LogP contribution in [-0.4, -0.2) is 9.78 Å². The normalized spacial score (nSPS) is 10.9. The zero-order valence-electron chi connectivity index (χ0n) is 7.00. The van der Waals surface area contributed by atoms with Crippen LogP contribution in [0.3, 0.4) is 0 Å². The average Bonchev–Trinajstić information content (AvgIpc) is 2.31. The van der Waals surface area contributed by atoms with Crippen molar-refractivity contribution in [2.45, 2.75) is 6.92 Å². The molecular formula is C9H9FN2. The molecule has 2 nitrogen and oxygen atoms in total. The molecule has 0 radical (unpaired) electrons. The lowest BCUT2D eigenvalue weighted by atomic mass is 10.2. The van der Waals surface area contributed by atoms with Gasteiger partial charge in [-0.1, -0.05) is 11.6 Å². The van der Waals surface area contributed by atoms with Gasteiger partial charge in [-0.25, -0.2) is 4.68 Å². The van der Waals surface area contributed by atoms with Gasteiger partial charge in [0.15, 0.2) is 0 Å². The summed E-state index contributed by atoms with van der Waals surface area (Å²) < 4.78 is 14.5. The molecule has 1 heterocycles. The molecule has 0 spiro atoms. The van der Waals surface area contributed by atoms with Crippen molar-refractivity contribution in [2.75, 3.05) is 0 Å². The highest BCUT2D eigenvalue weighted by molar-refractivity contribution is 5.79. The van der Waals surface area contributed by atoms with E-state index in [1.807, 2.05) is 19.1 Å². The molecule has 1 aromatic heterocycles. The Morgan fingerprint density at radius 2 is 2.17 bits per heavy atom. The van der Waals surface area contributed by atoms with E-state index in [1.165, 1.54) is 4.68 Å². The Hall–Kier alpha value is -1.38. The van der Waals surface area contributed by atoms with Gasteiger partial charge in [-0.15, -0.1) is 0 Å². The number of hydrogen-bond donors (Lipinski definition) is 0. The molecule has 62 valence electrons. The first-order valence-corrected chi connectivity index (χ1v) is 3.77. The third-order valence-corrected chi connectivity index (χ3v) is 1.92. The van der Waals surface area contributed by atoms with E-state index in [0.29, 0.717) is 10.9 Å². The first-order chi connectivity index (χ1) is 5.68. The Morgan fingerprint density at radius 1 is 1.42 bits per heavy atom. The fourth-order valence-corrected chi connectivity index (χ4v) is 1.28. The fourth-order valence-electron chi connectivity index (χ4n) is 1.28. The Bertz CT molecular complexity index is 431. The largest absolute Gasteiger partial charge is 0.242 e. The number of hydrogen-bond acceptors (Lipinski definition) is 1. The van der Waals surface area contributed by atoms with Crippen molar-refractivity contribution in [1.29, 1.82) is 0 Å². The minimum Gasteiger partial charge on any atom is -0.242 e. The fraction of sp³-hybridized carbons (Fsp3) is 0.222. The molecular weight excluding hydrogens is 155 g/mol. The molecule has 0 saturated carbocycles. The number of nitrogens with zero attached hydrogens (tertiary/aromatic N) is 2. The minimum absolute atomic E-state index is 0.270. The van der Waals surface area contributed by atoms with E-state index in [4.69, 9.17) is 0 Å². The molecule has 0 aliphatic rings. The molecule has 0 amide bonds. The van der Waals surface area contributed by atoms with Gasteiger partial charge in [0.2, 0.25) is 5.95 Å². The lowest BCUT2D eigenvalue weighted by Gasteiger charge is -1.90. The Labute approximate surface area is 69.6 Å². The molecule has 2 aromatic rings. The van der Waals surface area contributed by atoms with Crippen LogP contribution in [0.15, 0.2) is 18.2 Å². The van der Waals surface area contributed by atoms with E-state index in [1.54, 1.807) is 13.1 Å². The van der Waals surface area contributed by atoms with Gasteiger partial charge in [0.25, 0.3) is 0 Å². The molecule has 12 heavy (non-hydrogen) atoms. The van der Waals surface area contributed by atoms with Crippen molar-refractivity contribution >= 4 is 10.9 Å². The van der Waals surface area contributed by atoms with Gasteiger partial charge < -0.3 is 0 Å². The number of aryl methyl sites for hydroxylation is 2. The lowest BCUT2D eigenvalue weighted by molar-refractivity contribution is 0.512. The minimum atomic E-state index is -0.270. The summed E-state index contributed by atoms with van der Waals surface area (Å²) in [4.78, 5) is 0. The molecule has 0 saturated heterocycles. The Morgan fingerprint density at radius 3 is 2.92 bits per heavy atom. The van der Waals surface area contributed by atoms with Crippen molar-refractivity contribution in [1.82, 2.24) is 9.78 Å². The van der Waals surface area contributed by atoms with Crippen LogP contribution in [0.2, 0.25) is 0 Å². The van der Waals surface area contributed by atoms with E-state index >= 15 is 0 Å². The summed E-state index contributed by atoms with van der Waals surface area (Å²) >= 11 is 0. The van der Waals surface area contributed by atoms with Crippen LogP contribution in [0.25, 0.3) is 10.9 Å². The summed E-state index contributed by atoms with van der Waals surface area (Å²) in [7, 11) is 1.60. The first-order valence-electron chi connectivity index (χ1n) is 3.77. The van der Waals surface area contributed by atoms with Gasteiger partial charge in [-0.05, 0) is 19.1 Å². The average molecular weight is 164 g/mol. The summed E-state index contributed by atoms with van der Waals surface area (Å²) in [5.41, 5.74) is 1.76. The van der Waals surface area contributed by atoms with E-state index in [2.05, 4.69) is 5.10 Å². The molecule has 0 bridgehead atoms. The number of aromatic nitrogens is 2. The summed E-state index contributed by atoms with van der Waals surface area (Å²) in [6, 6.07) is 5.56. The Balaban J connectivity index is 2.88.